The fourth-order valence-electron chi connectivity index (χ4n) is 2.12. The van der Waals surface area contributed by atoms with Crippen LogP contribution in [0.5, 0.6) is 0 Å². The zero-order chi connectivity index (χ0) is 13.9. The molecule has 1 aromatic heterocycles. The van der Waals surface area contributed by atoms with E-state index in [2.05, 4.69) is 25.5 Å². The molecular formula is C14H16FN5. The molecule has 20 heavy (non-hydrogen) atoms. The van der Waals surface area contributed by atoms with Gasteiger partial charge >= 0.3 is 0 Å². The Labute approximate surface area is 116 Å². The van der Waals surface area contributed by atoms with Gasteiger partial charge in [-0.05, 0) is 31.2 Å². The normalized spacial score (nSPS) is 14.6. The second kappa shape index (κ2) is 5.42. The van der Waals surface area contributed by atoms with E-state index in [1.807, 2.05) is 13.0 Å². The Bertz CT molecular complexity index is 593. The highest BCUT2D eigenvalue weighted by Gasteiger charge is 2.15. The maximum absolute atomic E-state index is 12.9. The number of hydrogen-bond acceptors (Lipinski definition) is 5. The van der Waals surface area contributed by atoms with E-state index >= 15 is 0 Å². The van der Waals surface area contributed by atoms with Crippen molar-refractivity contribution in [3.8, 4) is 0 Å². The first kappa shape index (κ1) is 12.8. The van der Waals surface area contributed by atoms with Gasteiger partial charge in [-0.3, -0.25) is 5.32 Å². The number of benzene rings is 1. The summed E-state index contributed by atoms with van der Waals surface area (Å²) < 4.78 is 12.9. The van der Waals surface area contributed by atoms with Crippen LogP contribution in [0.4, 0.5) is 21.8 Å². The van der Waals surface area contributed by atoms with Gasteiger partial charge in [0.2, 0.25) is 5.95 Å². The van der Waals surface area contributed by atoms with Gasteiger partial charge in [0.15, 0.2) is 0 Å². The van der Waals surface area contributed by atoms with E-state index in [0.29, 0.717) is 11.8 Å². The molecule has 1 aliphatic heterocycles. The molecule has 0 aliphatic carbocycles. The van der Waals surface area contributed by atoms with E-state index in [1.165, 1.54) is 12.1 Å². The first-order valence-corrected chi connectivity index (χ1v) is 6.55. The molecule has 0 radical (unpaired) electrons. The van der Waals surface area contributed by atoms with Gasteiger partial charge in [0.05, 0.1) is 6.67 Å². The summed E-state index contributed by atoms with van der Waals surface area (Å²) in [5.74, 6) is 1.17. The maximum Gasteiger partial charge on any atom is 0.228 e. The summed E-state index contributed by atoms with van der Waals surface area (Å²) in [4.78, 5) is 11.0. The highest BCUT2D eigenvalue weighted by atomic mass is 19.1. The minimum absolute atomic E-state index is 0.252. The predicted octanol–water partition coefficient (Wildman–Crippen LogP) is 2.03. The van der Waals surface area contributed by atoms with Gasteiger partial charge in [-0.2, -0.15) is 4.98 Å². The van der Waals surface area contributed by atoms with Gasteiger partial charge in [-0.15, -0.1) is 0 Å². The summed E-state index contributed by atoms with van der Waals surface area (Å²) >= 11 is 0. The zero-order valence-corrected chi connectivity index (χ0v) is 11.2. The second-order valence-corrected chi connectivity index (χ2v) is 4.75. The van der Waals surface area contributed by atoms with E-state index in [4.69, 9.17) is 0 Å². The van der Waals surface area contributed by atoms with E-state index in [1.54, 1.807) is 12.1 Å². The van der Waals surface area contributed by atoms with E-state index in [-0.39, 0.29) is 5.82 Å². The van der Waals surface area contributed by atoms with Crippen LogP contribution in [0.1, 0.15) is 5.69 Å². The Balaban J connectivity index is 1.83. The van der Waals surface area contributed by atoms with Crippen molar-refractivity contribution in [3.05, 3.63) is 41.8 Å². The van der Waals surface area contributed by atoms with Crippen LogP contribution in [0.3, 0.4) is 0 Å². The second-order valence-electron chi connectivity index (χ2n) is 4.75. The Morgan fingerprint density at radius 2 is 2.05 bits per heavy atom. The van der Waals surface area contributed by atoms with E-state index < -0.39 is 0 Å². The zero-order valence-electron chi connectivity index (χ0n) is 11.2. The van der Waals surface area contributed by atoms with E-state index in [0.717, 1.165) is 31.1 Å². The molecule has 5 nitrogen and oxygen atoms in total. The molecule has 2 heterocycles. The number of hydrogen-bond donors (Lipinski definition) is 2. The number of aromatic nitrogens is 2. The van der Waals surface area contributed by atoms with Crippen LogP contribution in [0.25, 0.3) is 0 Å². The third kappa shape index (κ3) is 2.85. The molecular weight excluding hydrogens is 257 g/mol. The van der Waals surface area contributed by atoms with Gasteiger partial charge in [0, 0.05) is 30.5 Å². The highest BCUT2D eigenvalue weighted by molar-refractivity contribution is 5.57. The minimum Gasteiger partial charge on any atom is -0.340 e. The van der Waals surface area contributed by atoms with Gasteiger partial charge in [0.1, 0.15) is 11.6 Å². The van der Waals surface area contributed by atoms with Crippen molar-refractivity contribution < 1.29 is 4.39 Å². The minimum atomic E-state index is -0.252. The molecule has 0 bridgehead atoms. The SMILES string of the molecule is Cc1cc(Nc2ccc(F)cc2)nc(N2CCNC2)n1. The lowest BCUT2D eigenvalue weighted by molar-refractivity contribution is 0.628. The molecule has 1 fully saturated rings. The predicted molar refractivity (Wildman–Crippen MR) is 76.7 cm³/mol. The lowest BCUT2D eigenvalue weighted by atomic mass is 10.3. The Kier molecular flexibility index (Phi) is 3.47. The van der Waals surface area contributed by atoms with E-state index in [9.17, 15) is 4.39 Å². The summed E-state index contributed by atoms with van der Waals surface area (Å²) in [6.07, 6.45) is 0. The van der Waals surface area contributed by atoms with Crippen LogP contribution in [0.2, 0.25) is 0 Å². The molecule has 0 saturated carbocycles. The Morgan fingerprint density at radius 1 is 1.25 bits per heavy atom. The van der Waals surface area contributed by atoms with Crippen LogP contribution in [0.15, 0.2) is 30.3 Å². The molecule has 3 rings (SSSR count). The number of nitrogens with zero attached hydrogens (tertiary/aromatic N) is 3. The summed E-state index contributed by atoms with van der Waals surface area (Å²) in [5.41, 5.74) is 1.70. The summed E-state index contributed by atoms with van der Waals surface area (Å²) in [6, 6.07) is 8.08. The van der Waals surface area contributed by atoms with Crippen molar-refractivity contribution >= 4 is 17.5 Å². The van der Waals surface area contributed by atoms with Crippen molar-refractivity contribution in [3.63, 3.8) is 0 Å². The monoisotopic (exact) mass is 273 g/mol. The maximum atomic E-state index is 12.9. The number of halogens is 1. The molecule has 1 aliphatic rings. The number of anilines is 3. The topological polar surface area (TPSA) is 53.1 Å². The average Bonchev–Trinajstić information content (AvgIpc) is 2.95. The van der Waals surface area contributed by atoms with Crippen LogP contribution in [0, 0.1) is 12.7 Å². The van der Waals surface area contributed by atoms with Crippen LogP contribution in [-0.2, 0) is 0 Å². The number of nitrogens with one attached hydrogen (secondary N) is 2. The summed E-state index contributed by atoms with van der Waals surface area (Å²) in [5, 5.41) is 6.42. The summed E-state index contributed by atoms with van der Waals surface area (Å²) in [6.45, 7) is 4.54. The molecule has 2 N–H and O–H groups in total. The first-order chi connectivity index (χ1) is 9.70. The van der Waals surface area contributed by atoms with Gasteiger partial charge in [0.25, 0.3) is 0 Å². The van der Waals surface area contributed by atoms with Gasteiger partial charge in [-0.25, -0.2) is 9.37 Å². The van der Waals surface area contributed by atoms with Gasteiger partial charge < -0.3 is 10.2 Å². The molecule has 0 amide bonds. The lowest BCUT2D eigenvalue weighted by Crippen LogP contribution is -2.23. The fourth-order valence-corrected chi connectivity index (χ4v) is 2.12. The average molecular weight is 273 g/mol. The molecule has 104 valence electrons. The molecule has 0 spiro atoms. The molecule has 0 atom stereocenters. The third-order valence-electron chi connectivity index (χ3n) is 3.10. The first-order valence-electron chi connectivity index (χ1n) is 6.55. The van der Waals surface area contributed by atoms with Crippen LogP contribution in [-0.4, -0.2) is 29.7 Å². The Morgan fingerprint density at radius 3 is 2.75 bits per heavy atom. The third-order valence-corrected chi connectivity index (χ3v) is 3.10. The van der Waals surface area contributed by atoms with Crippen molar-refractivity contribution in [2.24, 2.45) is 0 Å². The number of rotatable bonds is 3. The van der Waals surface area contributed by atoms with Crippen molar-refractivity contribution in [2.45, 2.75) is 6.92 Å². The molecule has 1 saturated heterocycles. The lowest BCUT2D eigenvalue weighted by Gasteiger charge is -2.16. The van der Waals surface area contributed by atoms with Crippen LogP contribution >= 0.6 is 0 Å². The highest BCUT2D eigenvalue weighted by Crippen LogP contribution is 2.19. The Hall–Kier alpha value is -2.21. The van der Waals surface area contributed by atoms with Gasteiger partial charge in [-0.1, -0.05) is 0 Å². The largest absolute Gasteiger partial charge is 0.340 e. The molecule has 0 unspecified atom stereocenters. The van der Waals surface area contributed by atoms with Crippen molar-refractivity contribution in [2.75, 3.05) is 30.0 Å². The van der Waals surface area contributed by atoms with Crippen molar-refractivity contribution in [1.82, 2.24) is 15.3 Å². The molecule has 2 aromatic rings. The van der Waals surface area contributed by atoms with Crippen molar-refractivity contribution in [1.29, 1.82) is 0 Å². The fraction of sp³-hybridized carbons (Fsp3) is 0.286. The summed E-state index contributed by atoms with van der Waals surface area (Å²) in [7, 11) is 0. The molecule has 6 heteroatoms. The quantitative estimate of drug-likeness (QED) is 0.896. The van der Waals surface area contributed by atoms with Crippen LogP contribution < -0.4 is 15.5 Å². The standard InChI is InChI=1S/C14H16FN5/c1-10-8-13(18-12-4-2-11(15)3-5-12)19-14(17-10)20-7-6-16-9-20/h2-5,8,16H,6-7,9H2,1H3,(H,17,18,19). The molecule has 1 aromatic carbocycles. The number of aryl methyl sites for hydroxylation is 1. The smallest absolute Gasteiger partial charge is 0.228 e.